The van der Waals surface area contributed by atoms with E-state index < -0.39 is 0 Å². The summed E-state index contributed by atoms with van der Waals surface area (Å²) in [5.41, 5.74) is 1.36. The van der Waals surface area contributed by atoms with Crippen LogP contribution in [-0.4, -0.2) is 42.1 Å². The van der Waals surface area contributed by atoms with E-state index in [-0.39, 0.29) is 0 Å². The summed E-state index contributed by atoms with van der Waals surface area (Å²) in [6.45, 7) is 8.58. The van der Waals surface area contributed by atoms with E-state index in [9.17, 15) is 0 Å². The first-order chi connectivity index (χ1) is 9.86. The second-order valence-corrected chi connectivity index (χ2v) is 6.09. The summed E-state index contributed by atoms with van der Waals surface area (Å²) in [7, 11) is 0. The molecule has 0 bridgehead atoms. The lowest BCUT2D eigenvalue weighted by molar-refractivity contribution is 0.187. The molecule has 1 aromatic rings. The van der Waals surface area contributed by atoms with E-state index in [4.69, 9.17) is 0 Å². The molecule has 2 heterocycles. The van der Waals surface area contributed by atoms with E-state index in [1.165, 1.54) is 44.3 Å². The number of rotatable bonds is 4. The van der Waals surface area contributed by atoms with Crippen LogP contribution in [0, 0.1) is 6.92 Å². The van der Waals surface area contributed by atoms with Gasteiger partial charge in [-0.3, -0.25) is 4.90 Å². The van der Waals surface area contributed by atoms with E-state index in [0.29, 0.717) is 0 Å². The van der Waals surface area contributed by atoms with Gasteiger partial charge in [-0.1, -0.05) is 19.8 Å². The van der Waals surface area contributed by atoms with Crippen LogP contribution in [0.3, 0.4) is 0 Å². The lowest BCUT2D eigenvalue weighted by Crippen LogP contribution is -2.50. The van der Waals surface area contributed by atoms with Gasteiger partial charge < -0.3 is 4.90 Å². The smallest absolute Gasteiger partial charge is 0.128 e. The molecule has 3 heteroatoms. The van der Waals surface area contributed by atoms with Gasteiger partial charge in [0.25, 0.3) is 0 Å². The minimum absolute atomic E-state index is 0.864. The maximum Gasteiger partial charge on any atom is 0.128 e. The third-order valence-corrected chi connectivity index (χ3v) is 4.75. The largest absolute Gasteiger partial charge is 0.354 e. The van der Waals surface area contributed by atoms with Gasteiger partial charge in [-0.15, -0.1) is 0 Å². The minimum atomic E-state index is 0.864. The number of piperazine rings is 1. The first-order valence-corrected chi connectivity index (χ1v) is 8.10. The van der Waals surface area contributed by atoms with Crippen molar-refractivity contribution in [1.29, 1.82) is 0 Å². The third kappa shape index (κ3) is 3.14. The first-order valence-electron chi connectivity index (χ1n) is 8.10. The average Bonchev–Trinajstić information content (AvgIpc) is 3.02. The van der Waals surface area contributed by atoms with E-state index in [1.807, 2.05) is 6.20 Å². The fraction of sp³-hybridized carbons (Fsp3) is 0.647. The molecule has 20 heavy (non-hydrogen) atoms. The number of pyridine rings is 1. The molecular weight excluding hydrogens is 246 g/mol. The van der Waals surface area contributed by atoms with Crippen molar-refractivity contribution in [3.63, 3.8) is 0 Å². The van der Waals surface area contributed by atoms with Crippen molar-refractivity contribution in [2.75, 3.05) is 31.1 Å². The minimum Gasteiger partial charge on any atom is -0.354 e. The second kappa shape index (κ2) is 6.57. The first kappa shape index (κ1) is 13.9. The van der Waals surface area contributed by atoms with Gasteiger partial charge in [-0.2, -0.15) is 0 Å². The highest BCUT2D eigenvalue weighted by Gasteiger charge is 2.26. The molecule has 0 spiro atoms. The quantitative estimate of drug-likeness (QED) is 0.840. The summed E-state index contributed by atoms with van der Waals surface area (Å²) >= 11 is 0. The monoisotopic (exact) mass is 272 g/mol. The van der Waals surface area contributed by atoms with Crippen LogP contribution < -0.4 is 4.90 Å². The van der Waals surface area contributed by atoms with Crippen LogP contribution >= 0.6 is 0 Å². The zero-order valence-electron chi connectivity index (χ0n) is 12.4. The Morgan fingerprint density at radius 1 is 1.15 bits per heavy atom. The van der Waals surface area contributed by atoms with Crippen molar-refractivity contribution >= 4 is 5.82 Å². The highest BCUT2D eigenvalue weighted by molar-refractivity contribution is 5.41. The van der Waals surface area contributed by atoms with Gasteiger partial charge in [0.15, 0.2) is 0 Å². The van der Waals surface area contributed by atoms with Gasteiger partial charge in [0.2, 0.25) is 0 Å². The maximum atomic E-state index is 4.55. The molecule has 0 atom stereocenters. The van der Waals surface area contributed by atoms with E-state index in [2.05, 4.69) is 33.8 Å². The van der Waals surface area contributed by atoms with Crippen molar-refractivity contribution < 1.29 is 0 Å². The predicted molar refractivity (Wildman–Crippen MR) is 84.0 cm³/mol. The number of anilines is 1. The van der Waals surface area contributed by atoms with Crippen LogP contribution in [-0.2, 0) is 6.42 Å². The Kier molecular flexibility index (Phi) is 4.56. The zero-order chi connectivity index (χ0) is 13.8. The molecule has 2 aliphatic rings. The number of hydrogen-bond donors (Lipinski definition) is 0. The van der Waals surface area contributed by atoms with Crippen molar-refractivity contribution in [2.24, 2.45) is 0 Å². The highest BCUT2D eigenvalue weighted by Crippen LogP contribution is 2.25. The molecular formula is C17H26N3. The number of aromatic nitrogens is 1. The summed E-state index contributed by atoms with van der Waals surface area (Å²) in [6.07, 6.45) is 9.65. The second-order valence-electron chi connectivity index (χ2n) is 6.09. The summed E-state index contributed by atoms with van der Waals surface area (Å²) in [5.74, 6) is 1.15. The van der Waals surface area contributed by atoms with E-state index >= 15 is 0 Å². The summed E-state index contributed by atoms with van der Waals surface area (Å²) in [4.78, 5) is 9.70. The van der Waals surface area contributed by atoms with Crippen molar-refractivity contribution in [2.45, 2.75) is 44.6 Å². The molecule has 109 valence electrons. The fourth-order valence-corrected chi connectivity index (χ4v) is 3.58. The molecule has 2 fully saturated rings. The number of hydrogen-bond acceptors (Lipinski definition) is 3. The Balaban J connectivity index is 1.58. The van der Waals surface area contributed by atoms with Crippen LogP contribution in [0.5, 0.6) is 0 Å². The van der Waals surface area contributed by atoms with E-state index in [0.717, 1.165) is 37.8 Å². The molecule has 0 aromatic carbocycles. The Morgan fingerprint density at radius 2 is 1.90 bits per heavy atom. The topological polar surface area (TPSA) is 19.4 Å². The number of aryl methyl sites for hydroxylation is 1. The van der Waals surface area contributed by atoms with E-state index in [1.54, 1.807) is 0 Å². The Hall–Kier alpha value is -1.09. The van der Waals surface area contributed by atoms with Crippen LogP contribution in [0.1, 0.15) is 37.7 Å². The molecule has 1 saturated heterocycles. The normalized spacial score (nSPS) is 21.6. The van der Waals surface area contributed by atoms with Gasteiger partial charge >= 0.3 is 0 Å². The molecule has 3 rings (SSSR count). The van der Waals surface area contributed by atoms with Crippen LogP contribution in [0.15, 0.2) is 18.3 Å². The molecule has 1 aromatic heterocycles. The van der Waals surface area contributed by atoms with Gasteiger partial charge in [0.1, 0.15) is 5.82 Å². The van der Waals surface area contributed by atoms with Crippen LogP contribution in [0.25, 0.3) is 0 Å². The van der Waals surface area contributed by atoms with Gasteiger partial charge in [0.05, 0.1) is 0 Å². The molecule has 0 unspecified atom stereocenters. The Labute approximate surface area is 123 Å². The molecule has 0 N–H and O–H groups in total. The van der Waals surface area contributed by atoms with Gasteiger partial charge in [-0.25, -0.2) is 4.98 Å². The van der Waals surface area contributed by atoms with Gasteiger partial charge in [-0.05, 0) is 43.4 Å². The van der Waals surface area contributed by atoms with Crippen molar-refractivity contribution in [1.82, 2.24) is 9.88 Å². The average molecular weight is 272 g/mol. The predicted octanol–water partition coefficient (Wildman–Crippen LogP) is 2.91. The molecule has 1 aliphatic carbocycles. The summed E-state index contributed by atoms with van der Waals surface area (Å²) in [5, 5.41) is 0. The molecule has 1 radical (unpaired) electrons. The van der Waals surface area contributed by atoms with Crippen LogP contribution in [0.4, 0.5) is 5.82 Å². The fourth-order valence-electron chi connectivity index (χ4n) is 3.58. The maximum absolute atomic E-state index is 4.55. The molecule has 1 aliphatic heterocycles. The zero-order valence-corrected chi connectivity index (χ0v) is 12.4. The van der Waals surface area contributed by atoms with Crippen molar-refractivity contribution in [3.8, 4) is 0 Å². The molecule has 0 amide bonds. The lowest BCUT2D eigenvalue weighted by Gasteiger charge is -2.38. The Bertz CT molecular complexity index is 418. The molecule has 3 nitrogen and oxygen atoms in total. The highest BCUT2D eigenvalue weighted by atomic mass is 15.3. The Morgan fingerprint density at radius 3 is 2.60 bits per heavy atom. The van der Waals surface area contributed by atoms with Crippen molar-refractivity contribution in [3.05, 3.63) is 30.8 Å². The lowest BCUT2D eigenvalue weighted by atomic mass is 10.1. The third-order valence-electron chi connectivity index (χ3n) is 4.75. The summed E-state index contributed by atoms with van der Waals surface area (Å²) < 4.78 is 0. The SMILES string of the molecule is [CH2]CCc1ccnc(N2CCN(C3CCCC3)CC2)c1. The number of nitrogens with zero attached hydrogens (tertiary/aromatic N) is 3. The standard InChI is InChI=1S/C17H26N3/c1-2-5-15-8-9-18-17(14-15)20-12-10-19(11-13-20)16-6-3-4-7-16/h8-9,14,16H,1-7,10-13H2. The molecule has 1 saturated carbocycles. The van der Waals surface area contributed by atoms with Gasteiger partial charge in [0, 0.05) is 38.4 Å². The van der Waals surface area contributed by atoms with Crippen LogP contribution in [0.2, 0.25) is 0 Å². The summed E-state index contributed by atoms with van der Waals surface area (Å²) in [6, 6.07) is 5.22.